The number of ether oxygens (including phenoxy) is 2. The van der Waals surface area contributed by atoms with Gasteiger partial charge in [0.15, 0.2) is 5.69 Å². The minimum Gasteiger partial charge on any atom is -0.458 e. The van der Waals surface area contributed by atoms with Gasteiger partial charge in [0.25, 0.3) is 6.71 Å². The molecule has 10 heteroatoms. The van der Waals surface area contributed by atoms with Crippen molar-refractivity contribution in [2.75, 3.05) is 76.0 Å². The summed E-state index contributed by atoms with van der Waals surface area (Å²) in [5, 5.41) is 10.8. The molecule has 2 heterocycles. The fourth-order valence-corrected chi connectivity index (χ4v) is 7.04. The van der Waals surface area contributed by atoms with Crippen LogP contribution in [0.1, 0.15) is 5.56 Å². The van der Waals surface area contributed by atoms with Crippen LogP contribution in [-0.4, -0.2) is 69.8 Å². The van der Waals surface area contributed by atoms with Gasteiger partial charge in [-0.2, -0.15) is 5.26 Å². The van der Waals surface area contributed by atoms with E-state index in [1.807, 2.05) is 112 Å². The van der Waals surface area contributed by atoms with Crippen LogP contribution < -0.4 is 61.9 Å². The number of hydrogen-bond donors (Lipinski definition) is 0. The molecule has 246 valence electrons. The lowest BCUT2D eigenvalue weighted by Crippen LogP contribution is -2.58. The molecule has 50 heavy (non-hydrogen) atoms. The molecule has 5 aromatic rings. The minimum atomic E-state index is -0.315. The Labute approximate surface area is 295 Å². The molecule has 0 radical (unpaired) electrons. The lowest BCUT2D eigenvalue weighted by molar-refractivity contribution is 0.487. The Morgan fingerprint density at radius 1 is 0.500 bits per heavy atom. The molecule has 0 aliphatic carbocycles. The van der Waals surface area contributed by atoms with E-state index in [9.17, 15) is 5.26 Å². The normalized spacial score (nSPS) is 12.2. The number of nitriles is 1. The van der Waals surface area contributed by atoms with Gasteiger partial charge in [-0.1, -0.05) is 47.3 Å². The van der Waals surface area contributed by atoms with Crippen LogP contribution in [0.15, 0.2) is 84.9 Å². The summed E-state index contributed by atoms with van der Waals surface area (Å²) >= 11 is 0. The maximum atomic E-state index is 10.8. The second-order valence-electron chi connectivity index (χ2n) is 13.8. The molecule has 0 saturated heterocycles. The summed E-state index contributed by atoms with van der Waals surface area (Å²) in [4.78, 5) is 12.3. The third-order valence-electron chi connectivity index (χ3n) is 9.80. The summed E-state index contributed by atoms with van der Waals surface area (Å²) in [6.45, 7) is 7.86. The van der Waals surface area contributed by atoms with Crippen LogP contribution in [0.5, 0.6) is 23.0 Å². The van der Waals surface area contributed by atoms with Gasteiger partial charge in [-0.15, -0.1) is 0 Å². The van der Waals surface area contributed by atoms with Crippen LogP contribution >= 0.6 is 0 Å². The van der Waals surface area contributed by atoms with Gasteiger partial charge in [0.05, 0.1) is 12.6 Å². The monoisotopic (exact) mass is 656 g/mol. The highest BCUT2D eigenvalue weighted by atomic mass is 16.5. The lowest BCUT2D eigenvalue weighted by Gasteiger charge is -2.31. The van der Waals surface area contributed by atoms with E-state index < -0.39 is 0 Å². The summed E-state index contributed by atoms with van der Waals surface area (Å²) in [5.74, 6) is 2.96. The maximum absolute atomic E-state index is 10.8. The summed E-state index contributed by atoms with van der Waals surface area (Å²) < 4.78 is 13.1. The Morgan fingerprint density at radius 3 is 1.14 bits per heavy atom. The summed E-state index contributed by atoms with van der Waals surface area (Å²) in [6, 6.07) is 31.2. The van der Waals surface area contributed by atoms with Gasteiger partial charge in [-0.25, -0.2) is 4.85 Å². The Hall–Kier alpha value is -5.99. The van der Waals surface area contributed by atoms with Crippen LogP contribution in [0.4, 0.5) is 28.4 Å². The molecule has 5 aromatic carbocycles. The van der Waals surface area contributed by atoms with Crippen molar-refractivity contribution in [3.05, 3.63) is 102 Å². The Kier molecular flexibility index (Phi) is 8.12. The van der Waals surface area contributed by atoms with Gasteiger partial charge in [0, 0.05) is 109 Å². The molecule has 0 aromatic heterocycles. The fraction of sp³-hybridized carbons (Fsp3) is 0.200. The van der Waals surface area contributed by atoms with Crippen molar-refractivity contribution >= 4 is 74.6 Å². The summed E-state index contributed by atoms with van der Waals surface area (Å²) in [6.07, 6.45) is 0. The molecule has 0 saturated carbocycles. The van der Waals surface area contributed by atoms with Gasteiger partial charge in [-0.05, 0) is 46.1 Å². The van der Waals surface area contributed by atoms with E-state index in [-0.39, 0.29) is 13.4 Å². The summed E-state index contributed by atoms with van der Waals surface area (Å²) in [5.41, 5.74) is 10.5. The van der Waals surface area contributed by atoms with Gasteiger partial charge in [0.1, 0.15) is 23.0 Å². The van der Waals surface area contributed by atoms with Crippen molar-refractivity contribution in [3.63, 3.8) is 0 Å². The molecule has 2 aliphatic rings. The molecule has 0 spiro atoms. The zero-order valence-electron chi connectivity index (χ0n) is 29.7. The minimum absolute atomic E-state index is 0.314. The Balaban J connectivity index is 1.46. The number of benzene rings is 5. The molecule has 0 bridgehead atoms. The molecular weight excluding hydrogens is 618 g/mol. The molecule has 7 rings (SSSR count). The fourth-order valence-electron chi connectivity index (χ4n) is 7.04. The average Bonchev–Trinajstić information content (AvgIpc) is 3.11. The number of rotatable bonds is 6. The van der Waals surface area contributed by atoms with Crippen LogP contribution in [0.25, 0.3) is 4.85 Å². The summed E-state index contributed by atoms with van der Waals surface area (Å²) in [7, 11) is 16.0. The second-order valence-corrected chi connectivity index (χ2v) is 13.8. The van der Waals surface area contributed by atoms with Crippen LogP contribution in [0.3, 0.4) is 0 Å². The first-order chi connectivity index (χ1) is 24.0. The lowest BCUT2D eigenvalue weighted by atomic mass is 9.33. The molecule has 0 unspecified atom stereocenters. The van der Waals surface area contributed by atoms with Crippen molar-refractivity contribution in [1.82, 2.24) is 0 Å². The third kappa shape index (κ3) is 5.44. The molecule has 0 fully saturated rings. The van der Waals surface area contributed by atoms with E-state index in [1.165, 1.54) is 0 Å². The standard InChI is InChI=1S/C40H38B2N6O2/c1-44-36-23-34(41-30-14-10-26(45(2)3)19-37(30)49-38-20-27(46(4)5)11-15-31(38)41)25(24-43)18-35(36)42-32-16-12-28(47(6)7)21-39(32)50-40-22-29(48(8)9)13-17-33(40)42/h10-23H,2-9H3. The van der Waals surface area contributed by atoms with Crippen molar-refractivity contribution in [3.8, 4) is 29.1 Å². The van der Waals surface area contributed by atoms with Crippen molar-refractivity contribution in [1.29, 1.82) is 5.26 Å². The van der Waals surface area contributed by atoms with Gasteiger partial charge in [0.2, 0.25) is 6.71 Å². The molecule has 0 atom stereocenters. The largest absolute Gasteiger partial charge is 0.458 e. The van der Waals surface area contributed by atoms with E-state index in [0.29, 0.717) is 11.3 Å². The van der Waals surface area contributed by atoms with Crippen molar-refractivity contribution < 1.29 is 9.47 Å². The Bertz CT molecular complexity index is 1980. The Morgan fingerprint density at radius 2 is 0.840 bits per heavy atom. The zero-order valence-corrected chi connectivity index (χ0v) is 29.7. The van der Waals surface area contributed by atoms with E-state index in [2.05, 4.69) is 59.4 Å². The van der Waals surface area contributed by atoms with Gasteiger partial charge < -0.3 is 29.1 Å². The van der Waals surface area contributed by atoms with Crippen molar-refractivity contribution in [2.24, 2.45) is 0 Å². The van der Waals surface area contributed by atoms with E-state index >= 15 is 0 Å². The van der Waals surface area contributed by atoms with Crippen molar-refractivity contribution in [2.45, 2.75) is 0 Å². The van der Waals surface area contributed by atoms with E-state index in [4.69, 9.17) is 16.0 Å². The number of fused-ring (bicyclic) bond motifs is 4. The molecule has 0 N–H and O–H groups in total. The molecule has 0 amide bonds. The number of nitrogens with zero attached hydrogens (tertiary/aromatic N) is 6. The van der Waals surface area contributed by atoms with Gasteiger partial charge in [-0.3, -0.25) is 0 Å². The highest BCUT2D eigenvalue weighted by Crippen LogP contribution is 2.33. The first-order valence-electron chi connectivity index (χ1n) is 16.5. The first kappa shape index (κ1) is 32.6. The topological polar surface area (TPSA) is 59.6 Å². The highest BCUT2D eigenvalue weighted by Gasteiger charge is 2.38. The smallest absolute Gasteiger partial charge is 0.251 e. The predicted octanol–water partition coefficient (Wildman–Crippen LogP) is 3.62. The SMILES string of the molecule is [C-]#[N+]c1cc(B2c3ccc(N(C)C)cc3Oc3cc(N(C)C)ccc32)c(C#N)cc1B1c2ccc(N(C)C)cc2Oc2cc(N(C)C)ccc21. The van der Waals surface area contributed by atoms with E-state index in [0.717, 1.165) is 78.5 Å². The zero-order chi connectivity index (χ0) is 35.4. The average molecular weight is 656 g/mol. The number of anilines is 4. The second kappa shape index (κ2) is 12.5. The predicted molar refractivity (Wildman–Crippen MR) is 210 cm³/mol. The van der Waals surface area contributed by atoms with Crippen LogP contribution in [0.2, 0.25) is 0 Å². The first-order valence-corrected chi connectivity index (χ1v) is 16.5. The highest BCUT2D eigenvalue weighted by molar-refractivity contribution is 6.99. The van der Waals surface area contributed by atoms with Crippen LogP contribution in [-0.2, 0) is 0 Å². The molecule has 8 nitrogen and oxygen atoms in total. The van der Waals surface area contributed by atoms with Gasteiger partial charge >= 0.3 is 0 Å². The molecule has 2 aliphatic heterocycles. The number of hydrogen-bond acceptors (Lipinski definition) is 7. The van der Waals surface area contributed by atoms with E-state index in [1.54, 1.807) is 0 Å². The maximum Gasteiger partial charge on any atom is 0.251 e. The third-order valence-corrected chi connectivity index (χ3v) is 9.80. The van der Waals surface area contributed by atoms with Crippen LogP contribution in [0, 0.1) is 17.9 Å². The molecular formula is C40H38B2N6O2. The quantitative estimate of drug-likeness (QED) is 0.200.